The summed E-state index contributed by atoms with van der Waals surface area (Å²) in [6.07, 6.45) is 13.6. The number of unbranched alkanes of at least 4 members (excludes halogenated alkanes) is 8. The summed E-state index contributed by atoms with van der Waals surface area (Å²) >= 11 is 1.51. The smallest absolute Gasteiger partial charge is 0.194 e. The molecule has 2 aromatic rings. The van der Waals surface area contributed by atoms with Crippen molar-refractivity contribution in [2.24, 2.45) is 0 Å². The Hall–Kier alpha value is -1.86. The van der Waals surface area contributed by atoms with Crippen molar-refractivity contribution in [1.82, 2.24) is 4.98 Å². The van der Waals surface area contributed by atoms with Crippen molar-refractivity contribution < 1.29 is 4.74 Å². The highest BCUT2D eigenvalue weighted by atomic mass is 32.1. The lowest BCUT2D eigenvalue weighted by molar-refractivity contribution is 0.312. The summed E-state index contributed by atoms with van der Waals surface area (Å²) in [5.41, 5.74) is 1.54. The molecule has 25 heavy (non-hydrogen) atoms. The molecular formula is C21H28N2OS. The van der Waals surface area contributed by atoms with Gasteiger partial charge in [0.25, 0.3) is 0 Å². The first-order valence-electron chi connectivity index (χ1n) is 9.43. The molecule has 0 saturated carbocycles. The highest BCUT2D eigenvalue weighted by Gasteiger charge is 2.09. The van der Waals surface area contributed by atoms with Gasteiger partial charge in [-0.05, 0) is 12.5 Å². The van der Waals surface area contributed by atoms with Crippen molar-refractivity contribution in [2.45, 2.75) is 64.7 Å². The number of nitrogens with zero attached hydrogens (tertiary/aromatic N) is 2. The number of nitriles is 1. The highest BCUT2D eigenvalue weighted by molar-refractivity contribution is 7.16. The summed E-state index contributed by atoms with van der Waals surface area (Å²) in [7, 11) is 0. The molecule has 0 atom stereocenters. The van der Waals surface area contributed by atoms with E-state index in [1.807, 2.05) is 24.3 Å². The van der Waals surface area contributed by atoms with Crippen LogP contribution in [0.2, 0.25) is 0 Å². The average Bonchev–Trinajstić information content (AvgIpc) is 3.12. The molecular weight excluding hydrogens is 328 g/mol. The van der Waals surface area contributed by atoms with Gasteiger partial charge in [-0.2, -0.15) is 5.26 Å². The molecule has 0 N–H and O–H groups in total. The van der Waals surface area contributed by atoms with Gasteiger partial charge in [-0.1, -0.05) is 87.8 Å². The van der Waals surface area contributed by atoms with Crippen molar-refractivity contribution in [3.8, 4) is 21.7 Å². The number of hydrogen-bond acceptors (Lipinski definition) is 4. The Balaban J connectivity index is 1.63. The van der Waals surface area contributed by atoms with E-state index >= 15 is 0 Å². The first-order valence-corrected chi connectivity index (χ1v) is 10.2. The Morgan fingerprint density at radius 2 is 1.68 bits per heavy atom. The normalized spacial score (nSPS) is 10.6. The van der Waals surface area contributed by atoms with Crippen molar-refractivity contribution in [1.29, 1.82) is 5.26 Å². The van der Waals surface area contributed by atoms with Gasteiger partial charge < -0.3 is 4.74 Å². The van der Waals surface area contributed by atoms with Crippen molar-refractivity contribution in [2.75, 3.05) is 6.61 Å². The van der Waals surface area contributed by atoms with Crippen LogP contribution in [0.15, 0.2) is 30.5 Å². The predicted octanol–water partition coefficient (Wildman–Crippen LogP) is 6.59. The summed E-state index contributed by atoms with van der Waals surface area (Å²) < 4.78 is 5.81. The fourth-order valence-corrected chi connectivity index (χ4v) is 3.63. The number of thiazole rings is 1. The van der Waals surface area contributed by atoms with Crippen LogP contribution in [0.3, 0.4) is 0 Å². The summed E-state index contributed by atoms with van der Waals surface area (Å²) in [6.45, 7) is 3.01. The zero-order valence-electron chi connectivity index (χ0n) is 15.2. The van der Waals surface area contributed by atoms with Gasteiger partial charge in [0.15, 0.2) is 5.06 Å². The SMILES string of the molecule is CCCCCCCCCCCOc1cnc(-c2ccccc2C#N)s1. The molecule has 0 aliphatic rings. The molecule has 3 nitrogen and oxygen atoms in total. The second-order valence-corrected chi connectivity index (χ2v) is 7.31. The minimum absolute atomic E-state index is 0.655. The Bertz CT molecular complexity index is 660. The Morgan fingerprint density at radius 3 is 2.40 bits per heavy atom. The zero-order chi connectivity index (χ0) is 17.7. The first kappa shape index (κ1) is 19.5. The molecule has 1 heterocycles. The standard InChI is InChI=1S/C21H28N2OS/c1-2-3-4-5-6-7-8-9-12-15-24-20-17-23-21(25-20)19-14-11-10-13-18(19)16-22/h10-11,13-14,17H,2-9,12,15H2,1H3. The number of aromatic nitrogens is 1. The molecule has 4 heteroatoms. The molecule has 0 fully saturated rings. The van der Waals surface area contributed by atoms with E-state index in [1.54, 1.807) is 6.20 Å². The van der Waals surface area contributed by atoms with Crippen LogP contribution in [0.1, 0.15) is 70.3 Å². The second-order valence-electron chi connectivity index (χ2n) is 6.32. The van der Waals surface area contributed by atoms with Crippen molar-refractivity contribution in [3.05, 3.63) is 36.0 Å². The largest absolute Gasteiger partial charge is 0.483 e. The average molecular weight is 357 g/mol. The van der Waals surface area contributed by atoms with Gasteiger partial charge >= 0.3 is 0 Å². The van der Waals surface area contributed by atoms with Crippen LogP contribution < -0.4 is 4.74 Å². The third kappa shape index (κ3) is 6.88. The van der Waals surface area contributed by atoms with Crippen molar-refractivity contribution in [3.63, 3.8) is 0 Å². The van der Waals surface area contributed by atoms with Gasteiger partial charge in [-0.25, -0.2) is 4.98 Å². The van der Waals surface area contributed by atoms with Crippen LogP contribution in [0.4, 0.5) is 0 Å². The fourth-order valence-electron chi connectivity index (χ4n) is 2.80. The maximum absolute atomic E-state index is 9.19. The van der Waals surface area contributed by atoms with Crippen LogP contribution >= 0.6 is 11.3 Å². The zero-order valence-corrected chi connectivity index (χ0v) is 16.0. The van der Waals surface area contributed by atoms with E-state index in [-0.39, 0.29) is 0 Å². The highest BCUT2D eigenvalue weighted by Crippen LogP contribution is 2.32. The van der Waals surface area contributed by atoms with Crippen LogP contribution in [-0.2, 0) is 0 Å². The van der Waals surface area contributed by atoms with Gasteiger partial charge in [0.2, 0.25) is 0 Å². The fraction of sp³-hybridized carbons (Fsp3) is 0.524. The van der Waals surface area contributed by atoms with Gasteiger partial charge in [-0.3, -0.25) is 0 Å². The van der Waals surface area contributed by atoms with E-state index in [0.717, 1.165) is 28.7 Å². The van der Waals surface area contributed by atoms with Gasteiger partial charge in [-0.15, -0.1) is 0 Å². The van der Waals surface area contributed by atoms with E-state index in [4.69, 9.17) is 4.74 Å². The third-order valence-electron chi connectivity index (χ3n) is 4.25. The summed E-state index contributed by atoms with van der Waals surface area (Å²) in [6, 6.07) is 9.77. The lowest BCUT2D eigenvalue weighted by Gasteiger charge is -2.03. The molecule has 134 valence electrons. The molecule has 1 aromatic heterocycles. The van der Waals surface area contributed by atoms with E-state index in [1.165, 1.54) is 62.7 Å². The minimum Gasteiger partial charge on any atom is -0.483 e. The van der Waals surface area contributed by atoms with Crippen molar-refractivity contribution >= 4 is 11.3 Å². The maximum Gasteiger partial charge on any atom is 0.194 e. The molecule has 2 rings (SSSR count). The third-order valence-corrected chi connectivity index (χ3v) is 5.20. The molecule has 0 amide bonds. The van der Waals surface area contributed by atoms with E-state index in [9.17, 15) is 5.26 Å². The Kier molecular flexibility index (Phi) is 9.07. The molecule has 1 aromatic carbocycles. The van der Waals surface area contributed by atoms with Crippen LogP contribution in [-0.4, -0.2) is 11.6 Å². The minimum atomic E-state index is 0.655. The first-order chi connectivity index (χ1) is 12.3. The Labute approximate surface area is 155 Å². The molecule has 0 saturated heterocycles. The number of hydrogen-bond donors (Lipinski definition) is 0. The summed E-state index contributed by atoms with van der Waals surface area (Å²) in [5.74, 6) is 0. The summed E-state index contributed by atoms with van der Waals surface area (Å²) in [4.78, 5) is 4.40. The van der Waals surface area contributed by atoms with E-state index < -0.39 is 0 Å². The predicted molar refractivity (Wildman–Crippen MR) is 105 cm³/mol. The number of ether oxygens (including phenoxy) is 1. The molecule has 0 bridgehead atoms. The Morgan fingerprint density at radius 1 is 1.00 bits per heavy atom. The second kappa shape index (κ2) is 11.7. The summed E-state index contributed by atoms with van der Waals surface area (Å²) in [5, 5.41) is 10.9. The van der Waals surface area contributed by atoms with Crippen LogP contribution in [0, 0.1) is 11.3 Å². The monoisotopic (exact) mass is 356 g/mol. The molecule has 0 spiro atoms. The molecule has 0 aliphatic carbocycles. The van der Waals surface area contributed by atoms with Gasteiger partial charge in [0.1, 0.15) is 5.01 Å². The molecule has 0 radical (unpaired) electrons. The lowest BCUT2D eigenvalue weighted by Crippen LogP contribution is -1.95. The van der Waals surface area contributed by atoms with Gasteiger partial charge in [0.05, 0.1) is 24.4 Å². The number of benzene rings is 1. The number of rotatable bonds is 12. The lowest BCUT2D eigenvalue weighted by atomic mass is 10.1. The topological polar surface area (TPSA) is 45.9 Å². The molecule has 0 aliphatic heterocycles. The maximum atomic E-state index is 9.19. The van der Waals surface area contributed by atoms with Gasteiger partial charge in [0, 0.05) is 5.56 Å². The van der Waals surface area contributed by atoms with E-state index in [2.05, 4.69) is 18.0 Å². The quantitative estimate of drug-likeness (QED) is 0.403. The van der Waals surface area contributed by atoms with Crippen LogP contribution in [0.25, 0.3) is 10.6 Å². The van der Waals surface area contributed by atoms with E-state index in [0.29, 0.717) is 5.56 Å². The van der Waals surface area contributed by atoms with Crippen LogP contribution in [0.5, 0.6) is 5.06 Å². The molecule has 0 unspecified atom stereocenters.